The van der Waals surface area contributed by atoms with Gasteiger partial charge in [-0.3, -0.25) is 0 Å². The molecule has 1 N–H and O–H groups in total. The number of hydrogen-bond acceptors (Lipinski definition) is 4. The van der Waals surface area contributed by atoms with Crippen LogP contribution in [-0.4, -0.2) is 42.3 Å². The van der Waals surface area contributed by atoms with E-state index < -0.39 is 5.97 Å². The number of carboxylic acids is 1. The van der Waals surface area contributed by atoms with Crippen LogP contribution < -0.4 is 4.74 Å². The van der Waals surface area contributed by atoms with Crippen LogP contribution in [0.3, 0.4) is 0 Å². The fraction of sp³-hybridized carbons (Fsp3) is 0.286. The normalized spacial score (nSPS) is 14.7. The predicted molar refractivity (Wildman–Crippen MR) is 71.4 cm³/mol. The first kappa shape index (κ1) is 13.9. The number of carbonyl (C=O) groups excluding carboxylic acids is 1. The van der Waals surface area contributed by atoms with E-state index in [0.29, 0.717) is 25.4 Å². The number of methoxy groups -OCH3 is 1. The van der Waals surface area contributed by atoms with E-state index >= 15 is 0 Å². The van der Waals surface area contributed by atoms with Gasteiger partial charge in [-0.15, -0.1) is 0 Å². The predicted octanol–water partition coefficient (Wildman–Crippen LogP) is 1.75. The Morgan fingerprint density at radius 3 is 2.95 bits per heavy atom. The highest BCUT2D eigenvalue weighted by Gasteiger charge is 2.23. The van der Waals surface area contributed by atoms with Crippen molar-refractivity contribution in [2.75, 3.05) is 20.3 Å². The van der Waals surface area contributed by atoms with E-state index in [2.05, 4.69) is 0 Å². The lowest BCUT2D eigenvalue weighted by Gasteiger charge is -2.15. The lowest BCUT2D eigenvalue weighted by atomic mass is 10.1. The van der Waals surface area contributed by atoms with Gasteiger partial charge in [-0.05, 0) is 23.8 Å². The summed E-state index contributed by atoms with van der Waals surface area (Å²) in [5.41, 5.74) is 1.54. The van der Waals surface area contributed by atoms with Gasteiger partial charge in [0, 0.05) is 11.6 Å². The number of nitrogens with zero attached hydrogens (tertiary/aromatic N) is 1. The average molecular weight is 277 g/mol. The van der Waals surface area contributed by atoms with Crippen LogP contribution in [0, 0.1) is 0 Å². The molecule has 6 nitrogen and oxygen atoms in total. The molecule has 106 valence electrons. The minimum absolute atomic E-state index is 0.349. The Hall–Kier alpha value is -2.50. The van der Waals surface area contributed by atoms with Crippen molar-refractivity contribution in [3.05, 3.63) is 35.4 Å². The van der Waals surface area contributed by atoms with Crippen LogP contribution in [0.5, 0.6) is 5.75 Å². The van der Waals surface area contributed by atoms with Crippen molar-refractivity contribution in [3.8, 4) is 5.75 Å². The Kier molecular flexibility index (Phi) is 4.24. The van der Waals surface area contributed by atoms with E-state index in [-0.39, 0.29) is 6.09 Å². The van der Waals surface area contributed by atoms with Crippen molar-refractivity contribution < 1.29 is 24.2 Å². The van der Waals surface area contributed by atoms with E-state index in [4.69, 9.17) is 14.6 Å². The number of cyclic esters (lactones) is 1. The van der Waals surface area contributed by atoms with Gasteiger partial charge in [0.2, 0.25) is 0 Å². The van der Waals surface area contributed by atoms with Crippen molar-refractivity contribution in [2.24, 2.45) is 0 Å². The summed E-state index contributed by atoms with van der Waals surface area (Å²) in [7, 11) is 1.55. The van der Waals surface area contributed by atoms with Gasteiger partial charge in [-0.25, -0.2) is 9.59 Å². The molecule has 1 aliphatic rings. The van der Waals surface area contributed by atoms with Crippen LogP contribution in [0.15, 0.2) is 24.3 Å². The van der Waals surface area contributed by atoms with Crippen LogP contribution in [0.4, 0.5) is 4.79 Å². The Labute approximate surface area is 116 Å². The number of carboxylic acid groups (broad SMARTS) is 1. The number of ether oxygens (including phenoxy) is 2. The van der Waals surface area contributed by atoms with Gasteiger partial charge in [-0.2, -0.15) is 0 Å². The zero-order valence-electron chi connectivity index (χ0n) is 11.0. The summed E-state index contributed by atoms with van der Waals surface area (Å²) >= 11 is 0. The van der Waals surface area contributed by atoms with Gasteiger partial charge in [0.1, 0.15) is 12.4 Å². The van der Waals surface area contributed by atoms with E-state index in [0.717, 1.165) is 17.2 Å². The third-order valence-corrected chi connectivity index (χ3v) is 2.93. The van der Waals surface area contributed by atoms with Crippen molar-refractivity contribution in [1.82, 2.24) is 4.90 Å². The van der Waals surface area contributed by atoms with Gasteiger partial charge in [0.25, 0.3) is 0 Å². The topological polar surface area (TPSA) is 76.1 Å². The number of aliphatic carboxylic acids is 1. The molecule has 0 spiro atoms. The van der Waals surface area contributed by atoms with Gasteiger partial charge in [-0.1, -0.05) is 6.07 Å². The zero-order chi connectivity index (χ0) is 14.5. The van der Waals surface area contributed by atoms with Crippen LogP contribution in [-0.2, 0) is 16.1 Å². The number of carbonyl (C=O) groups is 2. The molecule has 1 saturated heterocycles. The molecular formula is C14H15NO5. The fourth-order valence-electron chi connectivity index (χ4n) is 1.97. The van der Waals surface area contributed by atoms with E-state index in [1.807, 2.05) is 0 Å². The van der Waals surface area contributed by atoms with Crippen molar-refractivity contribution in [1.29, 1.82) is 0 Å². The monoisotopic (exact) mass is 277 g/mol. The molecule has 1 fully saturated rings. The molecule has 1 heterocycles. The minimum atomic E-state index is -1.01. The molecule has 1 aromatic carbocycles. The van der Waals surface area contributed by atoms with Crippen molar-refractivity contribution >= 4 is 18.1 Å². The Morgan fingerprint density at radius 2 is 2.35 bits per heavy atom. The largest absolute Gasteiger partial charge is 0.496 e. The standard InChI is InChI=1S/C14H15NO5/c1-19-12-4-2-10(3-5-13(16)17)8-11(12)9-15-6-7-20-14(15)18/h2-5,8H,6-7,9H2,1H3,(H,16,17). The van der Waals surface area contributed by atoms with Crippen LogP contribution in [0.25, 0.3) is 6.08 Å². The fourth-order valence-corrected chi connectivity index (χ4v) is 1.97. The maximum absolute atomic E-state index is 11.4. The molecule has 1 amide bonds. The van der Waals surface area contributed by atoms with Gasteiger partial charge < -0.3 is 19.5 Å². The minimum Gasteiger partial charge on any atom is -0.496 e. The molecule has 6 heteroatoms. The van der Waals surface area contributed by atoms with Crippen molar-refractivity contribution in [3.63, 3.8) is 0 Å². The average Bonchev–Trinajstić information content (AvgIpc) is 2.82. The molecule has 20 heavy (non-hydrogen) atoms. The lowest BCUT2D eigenvalue weighted by molar-refractivity contribution is -0.131. The quantitative estimate of drug-likeness (QED) is 0.830. The highest BCUT2D eigenvalue weighted by molar-refractivity contribution is 5.85. The zero-order valence-corrected chi connectivity index (χ0v) is 11.0. The van der Waals surface area contributed by atoms with Crippen LogP contribution in [0.2, 0.25) is 0 Å². The molecule has 1 aliphatic heterocycles. The van der Waals surface area contributed by atoms with Gasteiger partial charge >= 0.3 is 12.1 Å². The maximum Gasteiger partial charge on any atom is 0.410 e. The summed E-state index contributed by atoms with van der Waals surface area (Å²) in [6.45, 7) is 1.30. The molecule has 0 bridgehead atoms. The summed E-state index contributed by atoms with van der Waals surface area (Å²) in [5.74, 6) is -0.359. The molecule has 0 radical (unpaired) electrons. The second kappa shape index (κ2) is 6.10. The molecule has 0 aliphatic carbocycles. The number of benzene rings is 1. The molecular weight excluding hydrogens is 262 g/mol. The maximum atomic E-state index is 11.4. The highest BCUT2D eigenvalue weighted by atomic mass is 16.6. The van der Waals surface area contributed by atoms with Gasteiger partial charge in [0.15, 0.2) is 0 Å². The van der Waals surface area contributed by atoms with Crippen LogP contribution >= 0.6 is 0 Å². The first-order valence-electron chi connectivity index (χ1n) is 6.10. The first-order valence-corrected chi connectivity index (χ1v) is 6.10. The van der Waals surface area contributed by atoms with Crippen LogP contribution in [0.1, 0.15) is 11.1 Å². The first-order chi connectivity index (χ1) is 9.60. The summed E-state index contributed by atoms with van der Waals surface area (Å²) in [4.78, 5) is 23.5. The van der Waals surface area contributed by atoms with E-state index in [1.165, 1.54) is 6.08 Å². The Morgan fingerprint density at radius 1 is 1.55 bits per heavy atom. The lowest BCUT2D eigenvalue weighted by Crippen LogP contribution is -2.23. The summed E-state index contributed by atoms with van der Waals surface area (Å²) in [5, 5.41) is 8.63. The second-order valence-corrected chi connectivity index (χ2v) is 4.28. The molecule has 1 aromatic rings. The third-order valence-electron chi connectivity index (χ3n) is 2.93. The van der Waals surface area contributed by atoms with E-state index in [9.17, 15) is 9.59 Å². The second-order valence-electron chi connectivity index (χ2n) is 4.28. The number of hydrogen-bond donors (Lipinski definition) is 1. The Bertz CT molecular complexity index is 552. The summed E-state index contributed by atoms with van der Waals surface area (Å²) in [6.07, 6.45) is 2.21. The smallest absolute Gasteiger partial charge is 0.410 e. The molecule has 0 saturated carbocycles. The molecule has 0 aromatic heterocycles. The summed E-state index contributed by atoms with van der Waals surface area (Å²) < 4.78 is 10.1. The summed E-state index contributed by atoms with van der Waals surface area (Å²) in [6, 6.07) is 5.30. The van der Waals surface area contributed by atoms with Crippen molar-refractivity contribution in [2.45, 2.75) is 6.54 Å². The highest BCUT2D eigenvalue weighted by Crippen LogP contribution is 2.23. The van der Waals surface area contributed by atoms with E-state index in [1.54, 1.807) is 30.2 Å². The third kappa shape index (κ3) is 3.28. The molecule has 0 atom stereocenters. The SMILES string of the molecule is COc1ccc(C=CC(=O)O)cc1CN1CCOC1=O. The van der Waals surface area contributed by atoms with Gasteiger partial charge in [0.05, 0.1) is 20.2 Å². The molecule has 0 unspecified atom stereocenters. The molecule has 2 rings (SSSR count). The number of rotatable bonds is 5. The number of amides is 1. The Balaban J connectivity index is 2.22.